The van der Waals surface area contributed by atoms with Crippen molar-refractivity contribution in [3.05, 3.63) is 83.8 Å². The normalized spacial score (nSPS) is 10.6. The fourth-order valence-electron chi connectivity index (χ4n) is 3.25. The molecule has 0 bridgehead atoms. The summed E-state index contributed by atoms with van der Waals surface area (Å²) in [6.07, 6.45) is 1.45. The summed E-state index contributed by atoms with van der Waals surface area (Å²) in [6.45, 7) is 6.07. The number of nitrogens with one attached hydrogen (secondary N) is 2. The van der Waals surface area contributed by atoms with Crippen LogP contribution in [-0.4, -0.2) is 33.9 Å². The van der Waals surface area contributed by atoms with Crippen LogP contribution in [0, 0.1) is 0 Å². The number of carbonyl (C=O) groups excluding carboxylic acids is 1. The molecule has 0 atom stereocenters. The monoisotopic (exact) mass is 461 g/mol. The second kappa shape index (κ2) is 11.0. The van der Waals surface area contributed by atoms with Crippen LogP contribution in [0.4, 0.5) is 11.9 Å². The summed E-state index contributed by atoms with van der Waals surface area (Å²) in [5.41, 5.74) is 2.04. The van der Waals surface area contributed by atoms with Gasteiger partial charge in [0, 0.05) is 13.1 Å². The van der Waals surface area contributed by atoms with Gasteiger partial charge in [-0.05, 0) is 61.4 Å². The summed E-state index contributed by atoms with van der Waals surface area (Å²) in [5, 5.41) is 10.7. The molecule has 9 nitrogen and oxygen atoms in total. The van der Waals surface area contributed by atoms with Gasteiger partial charge in [-0.15, -0.1) is 5.10 Å². The standard InChI is InChI=1S/C25H27N5O4/c1-3-32-20-11-7-18(8-12-20)16-26-24-28-25(30(29-24)23(31)22-6-5-15-34-22)27-17-19-9-13-21(14-10-19)33-4-2/h5-15H,3-4,16-17H2,1-2H3,(H2,26,27,28,29). The summed E-state index contributed by atoms with van der Waals surface area (Å²) in [4.78, 5) is 17.4. The third-order valence-corrected chi connectivity index (χ3v) is 4.90. The Hall–Kier alpha value is -4.27. The summed E-state index contributed by atoms with van der Waals surface area (Å²) in [7, 11) is 0. The van der Waals surface area contributed by atoms with Gasteiger partial charge in [-0.2, -0.15) is 9.67 Å². The van der Waals surface area contributed by atoms with Crippen molar-refractivity contribution in [3.8, 4) is 11.5 Å². The Balaban J connectivity index is 1.48. The smallest absolute Gasteiger partial charge is 0.317 e. The van der Waals surface area contributed by atoms with Crippen molar-refractivity contribution in [2.24, 2.45) is 0 Å². The lowest BCUT2D eigenvalue weighted by Crippen LogP contribution is -2.17. The van der Waals surface area contributed by atoms with Gasteiger partial charge in [0.2, 0.25) is 11.9 Å². The highest BCUT2D eigenvalue weighted by molar-refractivity contribution is 5.94. The SMILES string of the molecule is CCOc1ccc(CNc2nc(NCc3ccc(OCC)cc3)n(C(=O)c3ccco3)n2)cc1. The van der Waals surface area contributed by atoms with Crippen LogP contribution >= 0.6 is 0 Å². The highest BCUT2D eigenvalue weighted by Crippen LogP contribution is 2.17. The Morgan fingerprint density at radius 2 is 1.47 bits per heavy atom. The fourth-order valence-corrected chi connectivity index (χ4v) is 3.25. The Morgan fingerprint density at radius 3 is 2.00 bits per heavy atom. The van der Waals surface area contributed by atoms with Gasteiger partial charge in [-0.3, -0.25) is 4.79 Å². The van der Waals surface area contributed by atoms with E-state index in [2.05, 4.69) is 20.7 Å². The molecule has 2 aromatic carbocycles. The van der Waals surface area contributed by atoms with E-state index >= 15 is 0 Å². The maximum absolute atomic E-state index is 12.9. The first-order valence-corrected chi connectivity index (χ1v) is 11.1. The summed E-state index contributed by atoms with van der Waals surface area (Å²) in [5.74, 6) is 2.02. The molecule has 0 spiro atoms. The summed E-state index contributed by atoms with van der Waals surface area (Å²) >= 11 is 0. The van der Waals surface area contributed by atoms with E-state index in [1.54, 1.807) is 12.1 Å². The maximum atomic E-state index is 12.9. The zero-order valence-electron chi connectivity index (χ0n) is 19.2. The lowest BCUT2D eigenvalue weighted by atomic mass is 10.2. The van der Waals surface area contributed by atoms with Gasteiger partial charge in [0.1, 0.15) is 11.5 Å². The zero-order chi connectivity index (χ0) is 23.8. The van der Waals surface area contributed by atoms with Crippen molar-refractivity contribution in [2.45, 2.75) is 26.9 Å². The lowest BCUT2D eigenvalue weighted by molar-refractivity contribution is 0.0920. The molecule has 34 heavy (non-hydrogen) atoms. The predicted octanol–water partition coefficient (Wildman–Crippen LogP) is 4.58. The fraction of sp³-hybridized carbons (Fsp3) is 0.240. The minimum absolute atomic E-state index is 0.173. The first kappa shape index (κ1) is 22.9. The van der Waals surface area contributed by atoms with Gasteiger partial charge in [-0.25, -0.2) is 0 Å². The second-order valence-electron chi connectivity index (χ2n) is 7.31. The van der Waals surface area contributed by atoms with Crippen LogP contribution in [0.25, 0.3) is 0 Å². The zero-order valence-corrected chi connectivity index (χ0v) is 19.2. The van der Waals surface area contributed by atoms with E-state index < -0.39 is 5.91 Å². The summed E-state index contributed by atoms with van der Waals surface area (Å²) in [6, 6.07) is 18.7. The number of hydrogen-bond acceptors (Lipinski definition) is 8. The molecule has 9 heteroatoms. The van der Waals surface area contributed by atoms with E-state index in [0.717, 1.165) is 22.6 Å². The molecule has 176 valence electrons. The van der Waals surface area contributed by atoms with Crippen molar-refractivity contribution in [2.75, 3.05) is 23.8 Å². The van der Waals surface area contributed by atoms with Crippen molar-refractivity contribution in [3.63, 3.8) is 0 Å². The molecule has 0 saturated heterocycles. The van der Waals surface area contributed by atoms with Crippen LogP contribution in [0.3, 0.4) is 0 Å². The quantitative estimate of drug-likeness (QED) is 0.335. The number of rotatable bonds is 11. The van der Waals surface area contributed by atoms with Crippen molar-refractivity contribution in [1.82, 2.24) is 14.8 Å². The third kappa shape index (κ3) is 5.74. The molecule has 0 amide bonds. The molecule has 0 saturated carbocycles. The predicted molar refractivity (Wildman–Crippen MR) is 128 cm³/mol. The molecule has 4 rings (SSSR count). The van der Waals surface area contributed by atoms with E-state index in [0.29, 0.717) is 38.2 Å². The Morgan fingerprint density at radius 1 is 0.882 bits per heavy atom. The molecule has 2 N–H and O–H groups in total. The molecule has 4 aromatic rings. The van der Waals surface area contributed by atoms with Crippen LogP contribution in [-0.2, 0) is 13.1 Å². The first-order chi connectivity index (χ1) is 16.7. The second-order valence-corrected chi connectivity index (χ2v) is 7.31. The maximum Gasteiger partial charge on any atom is 0.317 e. The molecule has 0 radical (unpaired) electrons. The highest BCUT2D eigenvalue weighted by atomic mass is 16.5. The van der Waals surface area contributed by atoms with Crippen LogP contribution in [0.15, 0.2) is 71.3 Å². The third-order valence-electron chi connectivity index (χ3n) is 4.90. The van der Waals surface area contributed by atoms with Crippen LogP contribution in [0.1, 0.15) is 35.5 Å². The van der Waals surface area contributed by atoms with Crippen LogP contribution in [0.2, 0.25) is 0 Å². The van der Waals surface area contributed by atoms with Gasteiger partial charge >= 0.3 is 5.91 Å². The molecule has 2 heterocycles. The number of nitrogens with zero attached hydrogens (tertiary/aromatic N) is 3. The summed E-state index contributed by atoms with van der Waals surface area (Å²) < 4.78 is 17.4. The van der Waals surface area contributed by atoms with E-state index in [-0.39, 0.29) is 5.76 Å². The Labute approximate surface area is 197 Å². The average Bonchev–Trinajstić information content (AvgIpc) is 3.54. The minimum Gasteiger partial charge on any atom is -0.494 e. The van der Waals surface area contributed by atoms with Gasteiger partial charge in [0.05, 0.1) is 19.5 Å². The lowest BCUT2D eigenvalue weighted by Gasteiger charge is -2.07. The first-order valence-electron chi connectivity index (χ1n) is 11.1. The molecule has 0 aliphatic heterocycles. The van der Waals surface area contributed by atoms with Gasteiger partial charge < -0.3 is 24.5 Å². The molecular formula is C25H27N5O4. The van der Waals surface area contributed by atoms with Crippen molar-refractivity contribution >= 4 is 17.8 Å². The number of benzene rings is 2. The molecule has 0 aliphatic rings. The van der Waals surface area contributed by atoms with E-state index in [1.165, 1.54) is 10.9 Å². The van der Waals surface area contributed by atoms with E-state index in [4.69, 9.17) is 13.9 Å². The largest absolute Gasteiger partial charge is 0.494 e. The molecule has 0 aliphatic carbocycles. The molecular weight excluding hydrogens is 434 g/mol. The van der Waals surface area contributed by atoms with Gasteiger partial charge in [0.15, 0.2) is 5.76 Å². The number of ether oxygens (including phenoxy) is 2. The van der Waals surface area contributed by atoms with Crippen LogP contribution in [0.5, 0.6) is 11.5 Å². The van der Waals surface area contributed by atoms with E-state index in [9.17, 15) is 4.79 Å². The van der Waals surface area contributed by atoms with Gasteiger partial charge in [0.25, 0.3) is 0 Å². The number of aromatic nitrogens is 3. The Bertz CT molecular complexity index is 1190. The molecule has 0 unspecified atom stereocenters. The molecule has 0 fully saturated rings. The van der Waals surface area contributed by atoms with Gasteiger partial charge in [-0.1, -0.05) is 24.3 Å². The highest BCUT2D eigenvalue weighted by Gasteiger charge is 2.20. The van der Waals surface area contributed by atoms with Crippen molar-refractivity contribution < 1.29 is 18.7 Å². The molecule has 2 aromatic heterocycles. The van der Waals surface area contributed by atoms with Crippen molar-refractivity contribution in [1.29, 1.82) is 0 Å². The number of anilines is 2. The average molecular weight is 462 g/mol. The topological polar surface area (TPSA) is 103 Å². The number of furan rings is 1. The minimum atomic E-state index is -0.416. The number of hydrogen-bond donors (Lipinski definition) is 2. The van der Waals surface area contributed by atoms with E-state index in [1.807, 2.05) is 62.4 Å². The van der Waals surface area contributed by atoms with Crippen LogP contribution < -0.4 is 20.1 Å². The number of carbonyl (C=O) groups is 1. The Kier molecular flexibility index (Phi) is 7.44.